The van der Waals surface area contributed by atoms with Crippen molar-refractivity contribution in [3.05, 3.63) is 54.1 Å². The molecule has 3 heteroatoms. The monoisotopic (exact) mass is 278 g/mol. The first-order valence-electron chi connectivity index (χ1n) is 7.58. The summed E-state index contributed by atoms with van der Waals surface area (Å²) in [4.78, 5) is 14.4. The Hall–Kier alpha value is -2.29. The summed E-state index contributed by atoms with van der Waals surface area (Å²) in [6.45, 7) is 0.968. The number of rotatable bonds is 3. The molecule has 0 saturated heterocycles. The topological polar surface area (TPSA) is 32.3 Å². The second kappa shape index (κ2) is 4.92. The average molecular weight is 278 g/mol. The highest BCUT2D eigenvalue weighted by Gasteiger charge is 2.30. The van der Waals surface area contributed by atoms with Crippen LogP contribution in [-0.4, -0.2) is 12.5 Å². The lowest BCUT2D eigenvalue weighted by Gasteiger charge is -2.23. The SMILES string of the molecule is O=C(Nc1ccccc1N1CCc2ccccc21)C1CC1. The molecule has 2 aromatic carbocycles. The first kappa shape index (κ1) is 12.5. The van der Waals surface area contributed by atoms with E-state index in [1.807, 2.05) is 18.2 Å². The largest absolute Gasteiger partial charge is 0.339 e. The Morgan fingerprint density at radius 3 is 2.52 bits per heavy atom. The number of amides is 1. The van der Waals surface area contributed by atoms with Gasteiger partial charge < -0.3 is 10.2 Å². The van der Waals surface area contributed by atoms with Crippen LogP contribution in [0.1, 0.15) is 18.4 Å². The zero-order valence-corrected chi connectivity index (χ0v) is 11.9. The Kier molecular flexibility index (Phi) is 2.92. The van der Waals surface area contributed by atoms with E-state index in [0.29, 0.717) is 0 Å². The van der Waals surface area contributed by atoms with Crippen molar-refractivity contribution >= 4 is 23.0 Å². The summed E-state index contributed by atoms with van der Waals surface area (Å²) in [5.74, 6) is 0.388. The molecule has 1 aliphatic carbocycles. The van der Waals surface area contributed by atoms with Gasteiger partial charge in [-0.15, -0.1) is 0 Å². The molecular weight excluding hydrogens is 260 g/mol. The average Bonchev–Trinajstić information content (AvgIpc) is 3.28. The van der Waals surface area contributed by atoms with Crippen molar-refractivity contribution in [2.75, 3.05) is 16.8 Å². The van der Waals surface area contributed by atoms with Crippen molar-refractivity contribution in [1.29, 1.82) is 0 Å². The highest BCUT2D eigenvalue weighted by atomic mass is 16.2. The molecule has 2 aliphatic rings. The molecule has 0 unspecified atom stereocenters. The van der Waals surface area contributed by atoms with Gasteiger partial charge in [-0.05, 0) is 43.0 Å². The van der Waals surface area contributed by atoms with Crippen molar-refractivity contribution in [3.8, 4) is 0 Å². The number of anilines is 3. The number of benzene rings is 2. The first-order valence-corrected chi connectivity index (χ1v) is 7.58. The third-order valence-corrected chi connectivity index (χ3v) is 4.29. The third kappa shape index (κ3) is 2.29. The minimum atomic E-state index is 0.162. The zero-order chi connectivity index (χ0) is 14.2. The molecule has 1 N–H and O–H groups in total. The van der Waals surface area contributed by atoms with Crippen LogP contribution in [0.15, 0.2) is 48.5 Å². The molecule has 1 saturated carbocycles. The van der Waals surface area contributed by atoms with Crippen LogP contribution >= 0.6 is 0 Å². The maximum atomic E-state index is 12.1. The standard InChI is InChI=1S/C18H18N2O/c21-18(14-9-10-14)19-15-6-2-4-8-17(15)20-12-11-13-5-1-3-7-16(13)20/h1-8,14H,9-12H2,(H,19,21). The van der Waals surface area contributed by atoms with Crippen LogP contribution in [0.5, 0.6) is 0 Å². The van der Waals surface area contributed by atoms with E-state index in [-0.39, 0.29) is 11.8 Å². The molecule has 21 heavy (non-hydrogen) atoms. The third-order valence-electron chi connectivity index (χ3n) is 4.29. The Balaban J connectivity index is 1.68. The summed E-state index contributed by atoms with van der Waals surface area (Å²) in [6.07, 6.45) is 3.11. The molecule has 0 radical (unpaired) electrons. The van der Waals surface area contributed by atoms with Crippen LogP contribution in [0.2, 0.25) is 0 Å². The maximum Gasteiger partial charge on any atom is 0.227 e. The van der Waals surface area contributed by atoms with Crippen molar-refractivity contribution in [3.63, 3.8) is 0 Å². The first-order chi connectivity index (χ1) is 10.3. The summed E-state index contributed by atoms with van der Waals surface area (Å²) in [6, 6.07) is 16.6. The van der Waals surface area contributed by atoms with Crippen LogP contribution in [0.4, 0.5) is 17.1 Å². The van der Waals surface area contributed by atoms with Gasteiger partial charge in [0.25, 0.3) is 0 Å². The highest BCUT2D eigenvalue weighted by molar-refractivity contribution is 5.97. The Bertz CT molecular complexity index is 691. The fourth-order valence-corrected chi connectivity index (χ4v) is 2.98. The molecule has 1 amide bonds. The summed E-state index contributed by atoms with van der Waals surface area (Å²) in [5, 5.41) is 3.10. The fraction of sp³-hybridized carbons (Fsp3) is 0.278. The second-order valence-corrected chi connectivity index (χ2v) is 5.81. The molecule has 0 spiro atoms. The van der Waals surface area contributed by atoms with Gasteiger partial charge in [-0.25, -0.2) is 0 Å². The van der Waals surface area contributed by atoms with E-state index in [1.54, 1.807) is 0 Å². The van der Waals surface area contributed by atoms with Gasteiger partial charge >= 0.3 is 0 Å². The molecule has 1 fully saturated rings. The normalized spacial score (nSPS) is 16.7. The number of nitrogens with one attached hydrogen (secondary N) is 1. The molecule has 1 heterocycles. The number of fused-ring (bicyclic) bond motifs is 1. The van der Waals surface area contributed by atoms with Gasteiger partial charge in [0.05, 0.1) is 11.4 Å². The Morgan fingerprint density at radius 1 is 1.00 bits per heavy atom. The highest BCUT2D eigenvalue weighted by Crippen LogP contribution is 2.39. The summed E-state index contributed by atoms with van der Waals surface area (Å²) in [7, 11) is 0. The molecule has 1 aliphatic heterocycles. The van der Waals surface area contributed by atoms with E-state index in [2.05, 4.69) is 40.5 Å². The van der Waals surface area contributed by atoms with Gasteiger partial charge in [0.15, 0.2) is 0 Å². The maximum absolute atomic E-state index is 12.1. The van der Waals surface area contributed by atoms with Crippen molar-refractivity contribution in [2.24, 2.45) is 5.92 Å². The zero-order valence-electron chi connectivity index (χ0n) is 11.9. The van der Waals surface area contributed by atoms with E-state index in [1.165, 1.54) is 11.3 Å². The number of carbonyl (C=O) groups excluding carboxylic acids is 1. The molecule has 4 rings (SSSR count). The Labute approximate surface area is 124 Å². The van der Waals surface area contributed by atoms with Crippen LogP contribution in [0, 0.1) is 5.92 Å². The smallest absolute Gasteiger partial charge is 0.227 e. The number of hydrogen-bond donors (Lipinski definition) is 1. The van der Waals surface area contributed by atoms with Crippen LogP contribution in [0.25, 0.3) is 0 Å². The predicted octanol–water partition coefficient (Wildman–Crippen LogP) is 3.73. The van der Waals surface area contributed by atoms with Crippen LogP contribution in [0.3, 0.4) is 0 Å². The second-order valence-electron chi connectivity index (χ2n) is 5.81. The lowest BCUT2D eigenvalue weighted by molar-refractivity contribution is -0.117. The number of hydrogen-bond acceptors (Lipinski definition) is 2. The van der Waals surface area contributed by atoms with Gasteiger partial charge in [0, 0.05) is 18.2 Å². The van der Waals surface area contributed by atoms with Crippen LogP contribution in [-0.2, 0) is 11.2 Å². The predicted molar refractivity (Wildman–Crippen MR) is 84.9 cm³/mol. The summed E-state index contributed by atoms with van der Waals surface area (Å²) < 4.78 is 0. The fourth-order valence-electron chi connectivity index (χ4n) is 2.98. The lowest BCUT2D eigenvalue weighted by Crippen LogP contribution is -2.19. The van der Waals surface area contributed by atoms with E-state index in [0.717, 1.165) is 37.2 Å². The quantitative estimate of drug-likeness (QED) is 0.927. The van der Waals surface area contributed by atoms with E-state index in [4.69, 9.17) is 0 Å². The lowest BCUT2D eigenvalue weighted by atomic mass is 10.1. The van der Waals surface area contributed by atoms with Gasteiger partial charge in [-0.1, -0.05) is 30.3 Å². The number of para-hydroxylation sites is 3. The molecular formula is C18H18N2O. The number of nitrogens with zero attached hydrogens (tertiary/aromatic N) is 1. The van der Waals surface area contributed by atoms with Crippen molar-refractivity contribution in [2.45, 2.75) is 19.3 Å². The van der Waals surface area contributed by atoms with Crippen molar-refractivity contribution < 1.29 is 4.79 Å². The molecule has 0 bridgehead atoms. The molecule has 106 valence electrons. The van der Waals surface area contributed by atoms with Gasteiger partial charge in [0.2, 0.25) is 5.91 Å². The molecule has 0 aromatic heterocycles. The van der Waals surface area contributed by atoms with E-state index in [9.17, 15) is 4.79 Å². The van der Waals surface area contributed by atoms with Crippen LogP contribution < -0.4 is 10.2 Å². The molecule has 3 nitrogen and oxygen atoms in total. The Morgan fingerprint density at radius 2 is 1.71 bits per heavy atom. The summed E-state index contributed by atoms with van der Waals surface area (Å²) >= 11 is 0. The van der Waals surface area contributed by atoms with E-state index < -0.39 is 0 Å². The van der Waals surface area contributed by atoms with Crippen molar-refractivity contribution in [1.82, 2.24) is 0 Å². The minimum Gasteiger partial charge on any atom is -0.339 e. The van der Waals surface area contributed by atoms with Gasteiger partial charge in [0.1, 0.15) is 0 Å². The van der Waals surface area contributed by atoms with Gasteiger partial charge in [-0.2, -0.15) is 0 Å². The molecule has 0 atom stereocenters. The minimum absolute atomic E-state index is 0.162. The van der Waals surface area contributed by atoms with Gasteiger partial charge in [-0.3, -0.25) is 4.79 Å². The molecule has 2 aromatic rings. The van der Waals surface area contributed by atoms with E-state index >= 15 is 0 Å². The number of carbonyl (C=O) groups is 1. The summed E-state index contributed by atoms with van der Waals surface area (Å²) in [5.41, 5.74) is 4.65.